The van der Waals surface area contributed by atoms with E-state index in [0.717, 1.165) is 44.6 Å². The predicted octanol–water partition coefficient (Wildman–Crippen LogP) is 6.68. The SMILES string of the molecule is COc1ccccc1C(c1cc2ccccc2[nH]1)N1Cc2ccc(-c3ccc(NC(=O)O)cc3)cc2C1=O. The van der Waals surface area contributed by atoms with E-state index in [1.165, 1.54) is 0 Å². The first-order valence-corrected chi connectivity index (χ1v) is 12.3. The summed E-state index contributed by atoms with van der Waals surface area (Å²) in [5.74, 6) is 0.663. The minimum Gasteiger partial charge on any atom is -0.496 e. The van der Waals surface area contributed by atoms with Gasteiger partial charge in [0.25, 0.3) is 5.91 Å². The summed E-state index contributed by atoms with van der Waals surface area (Å²) in [6.07, 6.45) is -1.11. The first kappa shape index (κ1) is 23.4. The van der Waals surface area contributed by atoms with E-state index in [1.807, 2.05) is 77.7 Å². The van der Waals surface area contributed by atoms with Gasteiger partial charge in [-0.1, -0.05) is 60.7 Å². The third-order valence-corrected chi connectivity index (χ3v) is 7.00. The van der Waals surface area contributed by atoms with E-state index < -0.39 is 6.09 Å². The summed E-state index contributed by atoms with van der Waals surface area (Å²) in [6.45, 7) is 0.466. The molecule has 1 unspecified atom stereocenters. The van der Waals surface area contributed by atoms with Crippen molar-refractivity contribution in [2.24, 2.45) is 0 Å². The third kappa shape index (κ3) is 4.14. The van der Waals surface area contributed by atoms with E-state index in [9.17, 15) is 9.59 Å². The fourth-order valence-corrected chi connectivity index (χ4v) is 5.22. The van der Waals surface area contributed by atoms with Crippen molar-refractivity contribution < 1.29 is 19.4 Å². The molecule has 0 radical (unpaired) electrons. The normalized spacial score (nSPS) is 13.4. The number of H-pyrrole nitrogens is 1. The van der Waals surface area contributed by atoms with Crippen LogP contribution in [0.2, 0.25) is 0 Å². The number of carbonyl (C=O) groups is 2. The van der Waals surface area contributed by atoms with Crippen molar-refractivity contribution >= 4 is 28.6 Å². The maximum absolute atomic E-state index is 14.0. The molecule has 3 N–H and O–H groups in total. The fraction of sp³-hybridized carbons (Fsp3) is 0.0968. The summed E-state index contributed by atoms with van der Waals surface area (Å²) in [6, 6.07) is 30.6. The third-order valence-electron chi connectivity index (χ3n) is 7.00. The quantitative estimate of drug-likeness (QED) is 0.241. The number of amides is 2. The monoisotopic (exact) mass is 503 g/mol. The molecule has 0 saturated heterocycles. The average molecular weight is 504 g/mol. The number of aromatic nitrogens is 1. The van der Waals surface area contributed by atoms with Gasteiger partial charge in [-0.25, -0.2) is 4.79 Å². The van der Waals surface area contributed by atoms with Crippen molar-refractivity contribution in [3.8, 4) is 16.9 Å². The Morgan fingerprint density at radius 1 is 0.947 bits per heavy atom. The molecule has 7 nitrogen and oxygen atoms in total. The summed E-state index contributed by atoms with van der Waals surface area (Å²) < 4.78 is 5.71. The molecule has 0 bridgehead atoms. The van der Waals surface area contributed by atoms with Gasteiger partial charge >= 0.3 is 6.09 Å². The van der Waals surface area contributed by atoms with Crippen LogP contribution in [0.4, 0.5) is 10.5 Å². The molecule has 0 fully saturated rings. The lowest BCUT2D eigenvalue weighted by Gasteiger charge is -2.29. The molecule has 6 rings (SSSR count). The number of ether oxygens (including phenoxy) is 1. The molecule has 1 aliphatic rings. The average Bonchev–Trinajstić information content (AvgIpc) is 3.50. The highest BCUT2D eigenvalue weighted by atomic mass is 16.5. The van der Waals surface area contributed by atoms with Gasteiger partial charge in [0.15, 0.2) is 0 Å². The molecule has 4 aromatic carbocycles. The molecule has 1 aromatic heterocycles. The number of anilines is 1. The van der Waals surface area contributed by atoms with Crippen LogP contribution in [0.3, 0.4) is 0 Å². The maximum Gasteiger partial charge on any atom is 0.409 e. The van der Waals surface area contributed by atoms with E-state index in [-0.39, 0.29) is 11.9 Å². The number of hydrogen-bond donors (Lipinski definition) is 3. The molecule has 188 valence electrons. The molecule has 0 aliphatic carbocycles. The van der Waals surface area contributed by atoms with Crippen LogP contribution in [-0.4, -0.2) is 34.1 Å². The standard InChI is InChI=1S/C31H25N3O4/c1-38-28-9-5-3-7-24(28)29(27-17-21-6-2-4-8-26(21)33-27)34-18-22-11-10-20(16-25(22)30(34)35)19-12-14-23(15-13-19)32-31(36)37/h2-17,29,32-33H,18H2,1H3,(H,36,37). The number of nitrogens with zero attached hydrogens (tertiary/aromatic N) is 1. The smallest absolute Gasteiger partial charge is 0.409 e. The van der Waals surface area contributed by atoms with Crippen LogP contribution >= 0.6 is 0 Å². The second-order valence-corrected chi connectivity index (χ2v) is 9.27. The van der Waals surface area contributed by atoms with Gasteiger partial charge in [-0.15, -0.1) is 0 Å². The molecule has 2 heterocycles. The Hall–Kier alpha value is -5.04. The van der Waals surface area contributed by atoms with Crippen LogP contribution in [0.5, 0.6) is 5.75 Å². The van der Waals surface area contributed by atoms with Crippen molar-refractivity contribution in [2.75, 3.05) is 12.4 Å². The van der Waals surface area contributed by atoms with Crippen LogP contribution in [0.25, 0.3) is 22.0 Å². The number of fused-ring (bicyclic) bond motifs is 2. The van der Waals surface area contributed by atoms with Gasteiger partial charge in [-0.3, -0.25) is 10.1 Å². The van der Waals surface area contributed by atoms with Gasteiger partial charge < -0.3 is 19.7 Å². The summed E-state index contributed by atoms with van der Waals surface area (Å²) >= 11 is 0. The highest BCUT2D eigenvalue weighted by molar-refractivity contribution is 6.00. The zero-order valence-corrected chi connectivity index (χ0v) is 20.6. The van der Waals surface area contributed by atoms with Gasteiger partial charge in [0, 0.05) is 34.6 Å². The number of carbonyl (C=O) groups excluding carboxylic acids is 1. The van der Waals surface area contributed by atoms with Crippen LogP contribution in [0.15, 0.2) is 97.1 Å². The number of para-hydroxylation sites is 2. The van der Waals surface area contributed by atoms with Crippen molar-refractivity contribution in [1.82, 2.24) is 9.88 Å². The lowest BCUT2D eigenvalue weighted by Crippen LogP contribution is -2.30. The second kappa shape index (κ2) is 9.44. The number of carboxylic acid groups (broad SMARTS) is 1. The van der Waals surface area contributed by atoms with Crippen LogP contribution in [0.1, 0.15) is 33.2 Å². The van der Waals surface area contributed by atoms with Crippen LogP contribution < -0.4 is 10.1 Å². The van der Waals surface area contributed by atoms with Gasteiger partial charge in [-0.05, 0) is 58.5 Å². The number of hydrogen-bond acceptors (Lipinski definition) is 3. The molecule has 5 aromatic rings. The van der Waals surface area contributed by atoms with E-state index in [2.05, 4.69) is 22.4 Å². The fourth-order valence-electron chi connectivity index (χ4n) is 5.22. The first-order chi connectivity index (χ1) is 18.5. The summed E-state index contributed by atoms with van der Waals surface area (Å²) in [5, 5.41) is 12.4. The predicted molar refractivity (Wildman–Crippen MR) is 147 cm³/mol. The lowest BCUT2D eigenvalue weighted by molar-refractivity contribution is 0.0726. The molecule has 2 amide bonds. The topological polar surface area (TPSA) is 94.7 Å². The van der Waals surface area contributed by atoms with Crippen molar-refractivity contribution in [3.63, 3.8) is 0 Å². The number of rotatable bonds is 6. The van der Waals surface area contributed by atoms with Gasteiger partial charge in [0.1, 0.15) is 11.8 Å². The summed E-state index contributed by atoms with van der Waals surface area (Å²) in [7, 11) is 1.64. The molecular weight excluding hydrogens is 478 g/mol. The van der Waals surface area contributed by atoms with Gasteiger partial charge in [0.05, 0.1) is 7.11 Å². The zero-order chi connectivity index (χ0) is 26.2. The largest absolute Gasteiger partial charge is 0.496 e. The molecule has 7 heteroatoms. The molecular formula is C31H25N3O4. The Balaban J connectivity index is 1.39. The summed E-state index contributed by atoms with van der Waals surface area (Å²) in [5.41, 5.74) is 6.72. The van der Waals surface area contributed by atoms with E-state index in [4.69, 9.17) is 9.84 Å². The second-order valence-electron chi connectivity index (χ2n) is 9.27. The number of nitrogens with one attached hydrogen (secondary N) is 2. The lowest BCUT2D eigenvalue weighted by atomic mass is 10.00. The Bertz CT molecular complexity index is 1640. The Morgan fingerprint density at radius 3 is 2.45 bits per heavy atom. The molecule has 38 heavy (non-hydrogen) atoms. The van der Waals surface area contributed by atoms with Crippen molar-refractivity contribution in [2.45, 2.75) is 12.6 Å². The van der Waals surface area contributed by atoms with E-state index in [0.29, 0.717) is 17.8 Å². The number of methoxy groups -OCH3 is 1. The van der Waals surface area contributed by atoms with E-state index in [1.54, 1.807) is 19.2 Å². The minimum absolute atomic E-state index is 0.0550. The molecule has 1 aliphatic heterocycles. The van der Waals surface area contributed by atoms with Gasteiger partial charge in [0.2, 0.25) is 0 Å². The molecule has 1 atom stereocenters. The van der Waals surface area contributed by atoms with Crippen molar-refractivity contribution in [3.05, 3.63) is 119 Å². The minimum atomic E-state index is -1.11. The highest BCUT2D eigenvalue weighted by Gasteiger charge is 2.36. The van der Waals surface area contributed by atoms with Crippen LogP contribution in [0, 0.1) is 0 Å². The Kier molecular flexibility index (Phi) is 5.81. The molecule has 0 saturated carbocycles. The van der Waals surface area contributed by atoms with E-state index >= 15 is 0 Å². The number of benzene rings is 4. The van der Waals surface area contributed by atoms with Gasteiger partial charge in [-0.2, -0.15) is 0 Å². The Labute approximate surface area is 219 Å². The Morgan fingerprint density at radius 2 is 1.68 bits per heavy atom. The summed E-state index contributed by atoms with van der Waals surface area (Å²) in [4.78, 5) is 30.3. The van der Waals surface area contributed by atoms with Crippen molar-refractivity contribution in [1.29, 1.82) is 0 Å². The van der Waals surface area contributed by atoms with Crippen LogP contribution in [-0.2, 0) is 6.54 Å². The first-order valence-electron chi connectivity index (χ1n) is 12.3. The molecule has 0 spiro atoms. The highest BCUT2D eigenvalue weighted by Crippen LogP contribution is 2.40. The number of aromatic amines is 1. The zero-order valence-electron chi connectivity index (χ0n) is 20.6. The maximum atomic E-state index is 14.0.